The van der Waals surface area contributed by atoms with Crippen LogP contribution in [0, 0.1) is 5.82 Å². The van der Waals surface area contributed by atoms with Gasteiger partial charge in [-0.15, -0.1) is 0 Å². The van der Waals surface area contributed by atoms with Crippen molar-refractivity contribution in [1.29, 1.82) is 0 Å². The highest BCUT2D eigenvalue weighted by Gasteiger charge is 2.13. The molecule has 94 valence electrons. The van der Waals surface area contributed by atoms with Crippen LogP contribution in [0.3, 0.4) is 0 Å². The SMILES string of the molecule is Oc1ccc2ccccc2c1-c1cc(Br)ccc1F. The van der Waals surface area contributed by atoms with Crippen LogP contribution in [0.4, 0.5) is 4.39 Å². The van der Waals surface area contributed by atoms with Crippen LogP contribution in [-0.2, 0) is 0 Å². The van der Waals surface area contributed by atoms with Crippen LogP contribution in [0.25, 0.3) is 21.9 Å². The number of fused-ring (bicyclic) bond motifs is 1. The summed E-state index contributed by atoms with van der Waals surface area (Å²) in [7, 11) is 0. The molecule has 1 nitrogen and oxygen atoms in total. The molecule has 0 atom stereocenters. The minimum Gasteiger partial charge on any atom is -0.507 e. The summed E-state index contributed by atoms with van der Waals surface area (Å²) in [4.78, 5) is 0. The van der Waals surface area contributed by atoms with E-state index in [0.717, 1.165) is 15.2 Å². The molecular formula is C16H10BrFO. The summed E-state index contributed by atoms with van der Waals surface area (Å²) >= 11 is 3.33. The fraction of sp³-hybridized carbons (Fsp3) is 0. The van der Waals surface area contributed by atoms with E-state index in [1.807, 2.05) is 30.3 Å². The first-order chi connectivity index (χ1) is 9.16. The van der Waals surface area contributed by atoms with E-state index in [2.05, 4.69) is 15.9 Å². The van der Waals surface area contributed by atoms with Gasteiger partial charge in [0.1, 0.15) is 11.6 Å². The monoisotopic (exact) mass is 316 g/mol. The molecule has 0 saturated heterocycles. The molecule has 0 aliphatic heterocycles. The van der Waals surface area contributed by atoms with Gasteiger partial charge in [-0.05, 0) is 35.0 Å². The highest BCUT2D eigenvalue weighted by atomic mass is 79.9. The minimum absolute atomic E-state index is 0.0794. The molecule has 0 aromatic heterocycles. The van der Waals surface area contributed by atoms with Gasteiger partial charge in [-0.2, -0.15) is 0 Å². The Morgan fingerprint density at radius 3 is 2.58 bits per heavy atom. The smallest absolute Gasteiger partial charge is 0.131 e. The van der Waals surface area contributed by atoms with Gasteiger partial charge in [0.15, 0.2) is 0 Å². The maximum atomic E-state index is 14.0. The number of hydrogen-bond donors (Lipinski definition) is 1. The Bertz CT molecular complexity index is 768. The van der Waals surface area contributed by atoms with Crippen LogP contribution in [0.1, 0.15) is 0 Å². The molecule has 0 saturated carbocycles. The molecule has 0 fully saturated rings. The van der Waals surface area contributed by atoms with Crippen molar-refractivity contribution >= 4 is 26.7 Å². The van der Waals surface area contributed by atoms with Gasteiger partial charge >= 0.3 is 0 Å². The third-order valence-corrected chi connectivity index (χ3v) is 3.60. The fourth-order valence-corrected chi connectivity index (χ4v) is 2.59. The molecular weight excluding hydrogens is 307 g/mol. The Morgan fingerprint density at radius 2 is 1.74 bits per heavy atom. The molecule has 0 aliphatic rings. The zero-order valence-electron chi connectivity index (χ0n) is 9.90. The molecule has 3 heteroatoms. The van der Waals surface area contributed by atoms with Crippen molar-refractivity contribution < 1.29 is 9.50 Å². The average Bonchev–Trinajstić information content (AvgIpc) is 2.42. The van der Waals surface area contributed by atoms with Crippen LogP contribution in [-0.4, -0.2) is 5.11 Å². The van der Waals surface area contributed by atoms with Crippen LogP contribution in [0.2, 0.25) is 0 Å². The van der Waals surface area contributed by atoms with E-state index in [4.69, 9.17) is 0 Å². The number of benzene rings is 3. The number of halogens is 2. The van der Waals surface area contributed by atoms with Crippen LogP contribution in [0.15, 0.2) is 59.1 Å². The van der Waals surface area contributed by atoms with Gasteiger partial charge in [0.25, 0.3) is 0 Å². The lowest BCUT2D eigenvalue weighted by Gasteiger charge is -2.10. The van der Waals surface area contributed by atoms with Crippen molar-refractivity contribution in [3.05, 3.63) is 64.9 Å². The lowest BCUT2D eigenvalue weighted by molar-refractivity contribution is 0.477. The molecule has 0 spiro atoms. The molecule has 3 rings (SSSR count). The van der Waals surface area contributed by atoms with E-state index in [9.17, 15) is 9.50 Å². The predicted molar refractivity (Wildman–Crippen MR) is 78.7 cm³/mol. The van der Waals surface area contributed by atoms with Gasteiger partial charge in [0, 0.05) is 15.6 Å². The standard InChI is InChI=1S/C16H10BrFO/c17-11-6-7-14(18)13(9-11)16-12-4-2-1-3-10(12)5-8-15(16)19/h1-9,19H. The van der Waals surface area contributed by atoms with Gasteiger partial charge in [0.05, 0.1) is 0 Å². The molecule has 3 aromatic carbocycles. The first-order valence-electron chi connectivity index (χ1n) is 5.83. The largest absolute Gasteiger partial charge is 0.507 e. The molecule has 19 heavy (non-hydrogen) atoms. The Labute approximate surface area is 118 Å². The third kappa shape index (κ3) is 2.10. The molecule has 0 bridgehead atoms. The normalized spacial score (nSPS) is 10.8. The molecule has 3 aromatic rings. The van der Waals surface area contributed by atoms with Crippen LogP contribution < -0.4 is 0 Å². The quantitative estimate of drug-likeness (QED) is 0.661. The summed E-state index contributed by atoms with van der Waals surface area (Å²) in [5.41, 5.74) is 0.917. The first-order valence-corrected chi connectivity index (χ1v) is 6.62. The summed E-state index contributed by atoms with van der Waals surface area (Å²) < 4.78 is 14.8. The van der Waals surface area contributed by atoms with Crippen molar-refractivity contribution in [3.8, 4) is 16.9 Å². The summed E-state index contributed by atoms with van der Waals surface area (Å²) in [6.07, 6.45) is 0. The second kappa shape index (κ2) is 4.67. The summed E-state index contributed by atoms with van der Waals surface area (Å²) in [6, 6.07) is 15.7. The first kappa shape index (κ1) is 12.2. The summed E-state index contributed by atoms with van der Waals surface area (Å²) in [5.74, 6) is -0.273. The number of phenols is 1. The van der Waals surface area contributed by atoms with Crippen LogP contribution in [0.5, 0.6) is 5.75 Å². The molecule has 1 N–H and O–H groups in total. The zero-order valence-corrected chi connectivity index (χ0v) is 11.5. The van der Waals surface area contributed by atoms with Crippen LogP contribution >= 0.6 is 15.9 Å². The zero-order chi connectivity index (χ0) is 13.4. The van der Waals surface area contributed by atoms with Crippen molar-refractivity contribution in [2.24, 2.45) is 0 Å². The van der Waals surface area contributed by atoms with Gasteiger partial charge in [0.2, 0.25) is 0 Å². The fourth-order valence-electron chi connectivity index (χ4n) is 2.23. The second-order valence-corrected chi connectivity index (χ2v) is 5.22. The molecule has 0 unspecified atom stereocenters. The summed E-state index contributed by atoms with van der Waals surface area (Å²) in [5, 5.41) is 11.9. The predicted octanol–water partition coefficient (Wildman–Crippen LogP) is 5.11. The Kier molecular flexibility index (Phi) is 2.99. The third-order valence-electron chi connectivity index (χ3n) is 3.10. The topological polar surface area (TPSA) is 20.2 Å². The Balaban J connectivity index is 2.41. The van der Waals surface area contributed by atoms with Crippen molar-refractivity contribution in [2.75, 3.05) is 0 Å². The van der Waals surface area contributed by atoms with E-state index < -0.39 is 0 Å². The Hall–Kier alpha value is -1.87. The highest BCUT2D eigenvalue weighted by molar-refractivity contribution is 9.10. The minimum atomic E-state index is -0.352. The lowest BCUT2D eigenvalue weighted by Crippen LogP contribution is -1.87. The maximum Gasteiger partial charge on any atom is 0.131 e. The van der Waals surface area contributed by atoms with Crippen molar-refractivity contribution in [2.45, 2.75) is 0 Å². The molecule has 0 amide bonds. The molecule has 0 radical (unpaired) electrons. The average molecular weight is 317 g/mol. The Morgan fingerprint density at radius 1 is 0.947 bits per heavy atom. The highest BCUT2D eigenvalue weighted by Crippen LogP contribution is 2.38. The second-order valence-electron chi connectivity index (χ2n) is 4.30. The number of rotatable bonds is 1. The van der Waals surface area contributed by atoms with Gasteiger partial charge in [-0.1, -0.05) is 46.3 Å². The van der Waals surface area contributed by atoms with Gasteiger partial charge < -0.3 is 5.11 Å². The van der Waals surface area contributed by atoms with E-state index >= 15 is 0 Å². The number of hydrogen-bond acceptors (Lipinski definition) is 1. The van der Waals surface area contributed by atoms with E-state index in [1.54, 1.807) is 18.2 Å². The number of phenolic OH excluding ortho intramolecular Hbond substituents is 1. The molecule has 0 aliphatic carbocycles. The number of aromatic hydroxyl groups is 1. The van der Waals surface area contributed by atoms with Gasteiger partial charge in [-0.25, -0.2) is 4.39 Å². The van der Waals surface area contributed by atoms with E-state index in [-0.39, 0.29) is 11.6 Å². The van der Waals surface area contributed by atoms with Crippen molar-refractivity contribution in [3.63, 3.8) is 0 Å². The van der Waals surface area contributed by atoms with E-state index in [0.29, 0.717) is 11.1 Å². The van der Waals surface area contributed by atoms with E-state index in [1.165, 1.54) is 6.07 Å². The van der Waals surface area contributed by atoms with Gasteiger partial charge in [-0.3, -0.25) is 0 Å². The maximum absolute atomic E-state index is 14.0. The summed E-state index contributed by atoms with van der Waals surface area (Å²) in [6.45, 7) is 0. The lowest BCUT2D eigenvalue weighted by atomic mass is 9.97. The molecule has 0 heterocycles. The van der Waals surface area contributed by atoms with Crippen molar-refractivity contribution in [1.82, 2.24) is 0 Å².